The van der Waals surface area contributed by atoms with E-state index in [1.165, 1.54) is 11.3 Å². The molecule has 2 N–H and O–H groups in total. The molecule has 0 bridgehead atoms. The highest BCUT2D eigenvalue weighted by Gasteiger charge is 2.17. The minimum Gasteiger partial charge on any atom is -0.378 e. The number of nitrogens with zero attached hydrogens (tertiary/aromatic N) is 1. The van der Waals surface area contributed by atoms with Gasteiger partial charge in [-0.3, -0.25) is 9.59 Å². The van der Waals surface area contributed by atoms with Crippen LogP contribution in [0, 0.1) is 6.92 Å². The number of anilines is 3. The van der Waals surface area contributed by atoms with E-state index < -0.39 is 0 Å². The first kappa shape index (κ1) is 19.9. The van der Waals surface area contributed by atoms with Crippen molar-refractivity contribution in [1.82, 2.24) is 0 Å². The summed E-state index contributed by atoms with van der Waals surface area (Å²) in [6.07, 6.45) is 0. The standard InChI is InChI=1S/C21H20ClN3O2S/c1-13-12-18(24-20(26)16-6-4-5-7-17(16)22)28-19(13)21(27)23-14-8-10-15(11-9-14)25(2)3/h4-12H,1-3H3,(H,23,27)(H,24,26). The van der Waals surface area contributed by atoms with E-state index in [4.69, 9.17) is 11.6 Å². The van der Waals surface area contributed by atoms with Crippen molar-refractivity contribution < 1.29 is 9.59 Å². The maximum atomic E-state index is 12.6. The van der Waals surface area contributed by atoms with E-state index in [1.807, 2.05) is 50.2 Å². The minimum absolute atomic E-state index is 0.210. The van der Waals surface area contributed by atoms with Crippen molar-refractivity contribution >= 4 is 51.1 Å². The van der Waals surface area contributed by atoms with Gasteiger partial charge in [0, 0.05) is 25.5 Å². The molecular formula is C21H20ClN3O2S. The first-order chi connectivity index (χ1) is 13.3. The van der Waals surface area contributed by atoms with E-state index in [2.05, 4.69) is 10.6 Å². The third kappa shape index (κ3) is 4.52. The van der Waals surface area contributed by atoms with E-state index in [9.17, 15) is 9.59 Å². The first-order valence-electron chi connectivity index (χ1n) is 8.60. The molecule has 0 aliphatic rings. The summed E-state index contributed by atoms with van der Waals surface area (Å²) < 4.78 is 0. The van der Waals surface area contributed by atoms with E-state index in [0.29, 0.717) is 26.2 Å². The number of thiophene rings is 1. The quantitative estimate of drug-likeness (QED) is 0.598. The van der Waals surface area contributed by atoms with Gasteiger partial charge in [0.05, 0.1) is 20.5 Å². The lowest BCUT2D eigenvalue weighted by molar-refractivity contribution is 0.102. The van der Waals surface area contributed by atoms with Crippen molar-refractivity contribution in [3.63, 3.8) is 0 Å². The number of nitrogens with one attached hydrogen (secondary N) is 2. The highest BCUT2D eigenvalue weighted by atomic mass is 35.5. The molecule has 1 heterocycles. The van der Waals surface area contributed by atoms with Gasteiger partial charge in [-0.1, -0.05) is 23.7 Å². The maximum absolute atomic E-state index is 12.6. The molecule has 0 aliphatic heterocycles. The van der Waals surface area contributed by atoms with Crippen LogP contribution in [0.25, 0.3) is 0 Å². The lowest BCUT2D eigenvalue weighted by Crippen LogP contribution is -2.12. The number of halogens is 1. The maximum Gasteiger partial charge on any atom is 0.266 e. The molecule has 0 saturated carbocycles. The zero-order chi connectivity index (χ0) is 20.3. The average Bonchev–Trinajstić information content (AvgIpc) is 3.02. The Kier molecular flexibility index (Phi) is 6.02. The molecule has 3 aromatic rings. The molecule has 0 atom stereocenters. The summed E-state index contributed by atoms with van der Waals surface area (Å²) in [5, 5.41) is 6.68. The van der Waals surface area contributed by atoms with Gasteiger partial charge in [-0.05, 0) is 55.0 Å². The van der Waals surface area contributed by atoms with Gasteiger partial charge in [-0.25, -0.2) is 0 Å². The molecule has 1 aromatic heterocycles. The fraction of sp³-hybridized carbons (Fsp3) is 0.143. The van der Waals surface area contributed by atoms with Crippen LogP contribution >= 0.6 is 22.9 Å². The number of amides is 2. The Labute approximate surface area is 172 Å². The molecule has 2 aromatic carbocycles. The summed E-state index contributed by atoms with van der Waals surface area (Å²) >= 11 is 7.30. The van der Waals surface area contributed by atoms with Crippen LogP contribution in [0.1, 0.15) is 25.6 Å². The number of aryl methyl sites for hydroxylation is 1. The number of carbonyl (C=O) groups is 2. The monoisotopic (exact) mass is 413 g/mol. The van der Waals surface area contributed by atoms with Crippen LogP contribution in [0.3, 0.4) is 0 Å². The molecular weight excluding hydrogens is 394 g/mol. The average molecular weight is 414 g/mol. The number of rotatable bonds is 5. The number of benzene rings is 2. The fourth-order valence-electron chi connectivity index (χ4n) is 2.62. The predicted octanol–water partition coefficient (Wildman–Crippen LogP) is 5.28. The highest BCUT2D eigenvalue weighted by molar-refractivity contribution is 7.18. The Hall–Kier alpha value is -2.83. The van der Waals surface area contributed by atoms with Crippen LogP contribution in [0.5, 0.6) is 0 Å². The van der Waals surface area contributed by atoms with E-state index in [-0.39, 0.29) is 11.8 Å². The highest BCUT2D eigenvalue weighted by Crippen LogP contribution is 2.29. The van der Waals surface area contributed by atoms with Gasteiger partial charge in [0.25, 0.3) is 11.8 Å². The van der Waals surface area contributed by atoms with Gasteiger partial charge < -0.3 is 15.5 Å². The third-order valence-corrected chi connectivity index (χ3v) is 5.60. The Bertz CT molecular complexity index is 1010. The number of hydrogen-bond acceptors (Lipinski definition) is 4. The molecule has 7 heteroatoms. The van der Waals surface area contributed by atoms with Crippen LogP contribution in [-0.2, 0) is 0 Å². The van der Waals surface area contributed by atoms with Crippen molar-refractivity contribution in [2.45, 2.75) is 6.92 Å². The van der Waals surface area contributed by atoms with Gasteiger partial charge in [0.15, 0.2) is 0 Å². The largest absolute Gasteiger partial charge is 0.378 e. The number of carbonyl (C=O) groups excluding carboxylic acids is 2. The van der Waals surface area contributed by atoms with E-state index in [1.54, 1.807) is 30.3 Å². The van der Waals surface area contributed by atoms with Gasteiger partial charge in [0.1, 0.15) is 0 Å². The summed E-state index contributed by atoms with van der Waals surface area (Å²) in [5.74, 6) is -0.517. The summed E-state index contributed by atoms with van der Waals surface area (Å²) in [7, 11) is 3.92. The third-order valence-electron chi connectivity index (χ3n) is 4.12. The van der Waals surface area contributed by atoms with E-state index >= 15 is 0 Å². The first-order valence-corrected chi connectivity index (χ1v) is 9.79. The van der Waals surface area contributed by atoms with E-state index in [0.717, 1.165) is 11.3 Å². The van der Waals surface area contributed by atoms with Crippen LogP contribution < -0.4 is 15.5 Å². The molecule has 3 rings (SSSR count). The van der Waals surface area contributed by atoms with Crippen molar-refractivity contribution in [3.8, 4) is 0 Å². The topological polar surface area (TPSA) is 61.4 Å². The Morgan fingerprint density at radius 1 is 0.964 bits per heavy atom. The summed E-state index contributed by atoms with van der Waals surface area (Å²) in [6, 6.07) is 16.2. The van der Waals surface area contributed by atoms with Crippen LogP contribution in [-0.4, -0.2) is 25.9 Å². The van der Waals surface area contributed by atoms with Gasteiger partial charge in [-0.15, -0.1) is 11.3 Å². The lowest BCUT2D eigenvalue weighted by atomic mass is 10.2. The smallest absolute Gasteiger partial charge is 0.266 e. The molecule has 0 unspecified atom stereocenters. The second-order valence-corrected chi connectivity index (χ2v) is 7.91. The summed E-state index contributed by atoms with van der Waals surface area (Å²) in [6.45, 7) is 1.84. The predicted molar refractivity (Wildman–Crippen MR) is 117 cm³/mol. The zero-order valence-electron chi connectivity index (χ0n) is 15.7. The Balaban J connectivity index is 1.71. The molecule has 0 aliphatic carbocycles. The van der Waals surface area contributed by atoms with Crippen molar-refractivity contribution in [2.75, 3.05) is 29.6 Å². The molecule has 0 spiro atoms. The lowest BCUT2D eigenvalue weighted by Gasteiger charge is -2.13. The minimum atomic E-state index is -0.307. The molecule has 5 nitrogen and oxygen atoms in total. The van der Waals surface area contributed by atoms with Crippen molar-refractivity contribution in [1.29, 1.82) is 0 Å². The van der Waals surface area contributed by atoms with Gasteiger partial charge in [0.2, 0.25) is 0 Å². The Morgan fingerprint density at radius 2 is 1.64 bits per heavy atom. The van der Waals surface area contributed by atoms with Crippen molar-refractivity contribution in [2.24, 2.45) is 0 Å². The molecule has 2 amide bonds. The molecule has 0 saturated heterocycles. The van der Waals surface area contributed by atoms with Gasteiger partial charge in [-0.2, -0.15) is 0 Å². The molecule has 144 valence electrons. The van der Waals surface area contributed by atoms with Crippen LogP contribution in [0.4, 0.5) is 16.4 Å². The van der Waals surface area contributed by atoms with Crippen LogP contribution in [0.15, 0.2) is 54.6 Å². The second-order valence-electron chi connectivity index (χ2n) is 6.45. The SMILES string of the molecule is Cc1cc(NC(=O)c2ccccc2Cl)sc1C(=O)Nc1ccc(N(C)C)cc1. The molecule has 28 heavy (non-hydrogen) atoms. The molecule has 0 fully saturated rings. The second kappa shape index (κ2) is 8.46. The Morgan fingerprint density at radius 3 is 2.29 bits per heavy atom. The fourth-order valence-corrected chi connectivity index (χ4v) is 3.81. The normalized spacial score (nSPS) is 10.4. The summed E-state index contributed by atoms with van der Waals surface area (Å²) in [4.78, 5) is 27.6. The summed E-state index contributed by atoms with van der Waals surface area (Å²) in [5.41, 5.74) is 2.95. The zero-order valence-corrected chi connectivity index (χ0v) is 17.3. The molecule has 0 radical (unpaired) electrons. The van der Waals surface area contributed by atoms with Gasteiger partial charge >= 0.3 is 0 Å². The number of hydrogen-bond donors (Lipinski definition) is 2. The van der Waals surface area contributed by atoms with Crippen molar-refractivity contribution in [3.05, 3.63) is 75.6 Å². The van der Waals surface area contributed by atoms with Crippen LogP contribution in [0.2, 0.25) is 5.02 Å².